The van der Waals surface area contributed by atoms with Crippen molar-refractivity contribution < 1.29 is 19.0 Å². The van der Waals surface area contributed by atoms with E-state index in [1.807, 2.05) is 36.7 Å². The summed E-state index contributed by atoms with van der Waals surface area (Å²) >= 11 is 0. The molecule has 172 valence electrons. The zero-order chi connectivity index (χ0) is 22.6. The molecule has 2 aliphatic rings. The minimum absolute atomic E-state index is 0.0829. The van der Waals surface area contributed by atoms with E-state index >= 15 is 0 Å². The molecule has 8 nitrogen and oxygen atoms in total. The van der Waals surface area contributed by atoms with E-state index < -0.39 is 0 Å². The van der Waals surface area contributed by atoms with E-state index in [0.717, 1.165) is 49.7 Å². The Kier molecular flexibility index (Phi) is 6.17. The van der Waals surface area contributed by atoms with E-state index in [1.54, 1.807) is 25.3 Å². The van der Waals surface area contributed by atoms with Gasteiger partial charge in [0.2, 0.25) is 6.79 Å². The standard InChI is InChI=1S/C25H28N4O4/c1-31-21-7-5-20(6-8-21)29-12-10-26-24(29)16-28-11-2-3-18(15-28)14-27-25(30)19-4-9-22-23(13-19)33-17-32-22/h4-10,12-13,18H,2-3,11,14-17H2,1H3,(H,27,30)/t18-/m0/s1. The second kappa shape index (κ2) is 9.54. The van der Waals surface area contributed by atoms with Gasteiger partial charge in [0.25, 0.3) is 5.91 Å². The summed E-state index contributed by atoms with van der Waals surface area (Å²) in [5, 5.41) is 3.09. The van der Waals surface area contributed by atoms with Gasteiger partial charge in [-0.05, 0) is 67.8 Å². The summed E-state index contributed by atoms with van der Waals surface area (Å²) in [4.78, 5) is 19.6. The van der Waals surface area contributed by atoms with Gasteiger partial charge in [-0.2, -0.15) is 0 Å². The zero-order valence-electron chi connectivity index (χ0n) is 18.7. The Labute approximate surface area is 193 Å². The molecule has 5 rings (SSSR count). The third kappa shape index (κ3) is 4.80. The van der Waals surface area contributed by atoms with Crippen LogP contribution in [0.3, 0.4) is 0 Å². The van der Waals surface area contributed by atoms with Crippen LogP contribution in [0.4, 0.5) is 0 Å². The number of nitrogens with zero attached hydrogens (tertiary/aromatic N) is 3. The second-order valence-electron chi connectivity index (χ2n) is 8.43. The summed E-state index contributed by atoms with van der Waals surface area (Å²) in [6, 6.07) is 13.3. The van der Waals surface area contributed by atoms with Crippen LogP contribution in [0.1, 0.15) is 29.0 Å². The van der Waals surface area contributed by atoms with Crippen LogP contribution in [0.2, 0.25) is 0 Å². The Hall–Kier alpha value is -3.52. The molecule has 2 aromatic carbocycles. The fourth-order valence-electron chi connectivity index (χ4n) is 4.47. The molecule has 1 amide bonds. The van der Waals surface area contributed by atoms with Crippen molar-refractivity contribution in [2.45, 2.75) is 19.4 Å². The number of imidazole rings is 1. The number of carbonyl (C=O) groups excluding carboxylic acids is 1. The number of rotatable bonds is 7. The molecular formula is C25H28N4O4. The number of aromatic nitrogens is 2. The van der Waals surface area contributed by atoms with Crippen LogP contribution in [-0.2, 0) is 6.54 Å². The van der Waals surface area contributed by atoms with E-state index in [0.29, 0.717) is 29.5 Å². The molecule has 0 radical (unpaired) electrons. The van der Waals surface area contributed by atoms with Crippen molar-refractivity contribution >= 4 is 5.91 Å². The summed E-state index contributed by atoms with van der Waals surface area (Å²) in [6.07, 6.45) is 6.04. The van der Waals surface area contributed by atoms with Crippen molar-refractivity contribution in [1.29, 1.82) is 0 Å². The molecule has 8 heteroatoms. The first-order valence-electron chi connectivity index (χ1n) is 11.3. The van der Waals surface area contributed by atoms with Gasteiger partial charge >= 0.3 is 0 Å². The van der Waals surface area contributed by atoms with Crippen LogP contribution in [-0.4, -0.2) is 53.9 Å². The molecule has 0 aliphatic carbocycles. The fraction of sp³-hybridized carbons (Fsp3) is 0.360. The summed E-state index contributed by atoms with van der Waals surface area (Å²) in [6.45, 7) is 3.58. The molecular weight excluding hydrogens is 420 g/mol. The molecule has 1 atom stereocenters. The van der Waals surface area contributed by atoms with Crippen molar-refractivity contribution in [3.8, 4) is 22.9 Å². The molecule has 0 bridgehead atoms. The second-order valence-corrected chi connectivity index (χ2v) is 8.43. The summed E-state index contributed by atoms with van der Waals surface area (Å²) in [5.41, 5.74) is 1.65. The number of benzene rings is 2. The molecule has 0 spiro atoms. The Morgan fingerprint density at radius 1 is 1.18 bits per heavy atom. The largest absolute Gasteiger partial charge is 0.497 e. The molecule has 2 aliphatic heterocycles. The molecule has 0 unspecified atom stereocenters. The number of likely N-dealkylation sites (tertiary alicyclic amines) is 1. The average molecular weight is 449 g/mol. The molecule has 3 aromatic rings. The van der Waals surface area contributed by atoms with Gasteiger partial charge < -0.3 is 24.1 Å². The number of piperidine rings is 1. The maximum Gasteiger partial charge on any atom is 0.251 e. The number of nitrogens with one attached hydrogen (secondary N) is 1. The highest BCUT2D eigenvalue weighted by Gasteiger charge is 2.23. The fourth-order valence-corrected chi connectivity index (χ4v) is 4.47. The predicted octanol–water partition coefficient (Wildman–Crippen LogP) is 3.25. The third-order valence-corrected chi connectivity index (χ3v) is 6.22. The molecule has 33 heavy (non-hydrogen) atoms. The van der Waals surface area contributed by atoms with Gasteiger partial charge in [-0.1, -0.05) is 0 Å². The highest BCUT2D eigenvalue weighted by Crippen LogP contribution is 2.32. The van der Waals surface area contributed by atoms with Crippen LogP contribution >= 0.6 is 0 Å². The third-order valence-electron chi connectivity index (χ3n) is 6.22. The van der Waals surface area contributed by atoms with Crippen molar-refractivity contribution in [3.63, 3.8) is 0 Å². The van der Waals surface area contributed by atoms with Gasteiger partial charge in [-0.25, -0.2) is 4.98 Å². The van der Waals surface area contributed by atoms with E-state index in [9.17, 15) is 4.79 Å². The minimum Gasteiger partial charge on any atom is -0.497 e. The van der Waals surface area contributed by atoms with Crippen molar-refractivity contribution in [2.75, 3.05) is 33.5 Å². The van der Waals surface area contributed by atoms with Crippen LogP contribution in [0.25, 0.3) is 5.69 Å². The zero-order valence-corrected chi connectivity index (χ0v) is 18.7. The lowest BCUT2D eigenvalue weighted by Crippen LogP contribution is -2.41. The number of amides is 1. The maximum absolute atomic E-state index is 12.6. The normalized spacial score (nSPS) is 17.7. The quantitative estimate of drug-likeness (QED) is 0.598. The Morgan fingerprint density at radius 3 is 2.88 bits per heavy atom. The number of fused-ring (bicyclic) bond motifs is 1. The summed E-state index contributed by atoms with van der Waals surface area (Å²) in [7, 11) is 1.67. The number of methoxy groups -OCH3 is 1. The Morgan fingerprint density at radius 2 is 2.03 bits per heavy atom. The van der Waals surface area contributed by atoms with E-state index in [-0.39, 0.29) is 12.7 Å². The lowest BCUT2D eigenvalue weighted by Gasteiger charge is -2.32. The Bertz CT molecular complexity index is 1110. The van der Waals surface area contributed by atoms with Gasteiger partial charge in [-0.3, -0.25) is 9.69 Å². The first-order chi connectivity index (χ1) is 16.2. The number of ether oxygens (including phenoxy) is 3. The van der Waals surface area contributed by atoms with Crippen LogP contribution in [0.15, 0.2) is 54.9 Å². The van der Waals surface area contributed by atoms with Crippen molar-refractivity contribution in [3.05, 3.63) is 66.2 Å². The smallest absolute Gasteiger partial charge is 0.251 e. The van der Waals surface area contributed by atoms with Crippen LogP contribution in [0, 0.1) is 5.92 Å². The van der Waals surface area contributed by atoms with Crippen molar-refractivity contribution in [2.24, 2.45) is 5.92 Å². The first kappa shape index (κ1) is 21.3. The van der Waals surface area contributed by atoms with Crippen molar-refractivity contribution in [1.82, 2.24) is 19.8 Å². The SMILES string of the molecule is COc1ccc(-n2ccnc2CN2CCC[C@@H](CNC(=O)c3ccc4c(c3)OCO4)C2)cc1. The average Bonchev–Trinajstić information content (AvgIpc) is 3.52. The van der Waals surface area contributed by atoms with E-state index in [1.165, 1.54) is 0 Å². The summed E-state index contributed by atoms with van der Waals surface area (Å²) in [5.74, 6) is 3.47. The van der Waals surface area contributed by atoms with Gasteiger partial charge in [-0.15, -0.1) is 0 Å². The number of hydrogen-bond donors (Lipinski definition) is 1. The lowest BCUT2D eigenvalue weighted by atomic mass is 9.98. The monoisotopic (exact) mass is 448 g/mol. The number of carbonyl (C=O) groups is 1. The molecule has 0 saturated carbocycles. The summed E-state index contributed by atoms with van der Waals surface area (Å²) < 4.78 is 18.1. The minimum atomic E-state index is -0.0829. The van der Waals surface area contributed by atoms with Crippen LogP contribution < -0.4 is 19.5 Å². The number of hydrogen-bond acceptors (Lipinski definition) is 6. The molecule has 1 aromatic heterocycles. The molecule has 1 N–H and O–H groups in total. The van der Waals surface area contributed by atoms with Gasteiger partial charge in [0.1, 0.15) is 11.6 Å². The van der Waals surface area contributed by atoms with Gasteiger partial charge in [0.05, 0.1) is 13.7 Å². The topological polar surface area (TPSA) is 77.9 Å². The maximum atomic E-state index is 12.6. The van der Waals surface area contributed by atoms with E-state index in [2.05, 4.69) is 19.8 Å². The van der Waals surface area contributed by atoms with Gasteiger partial charge in [0, 0.05) is 36.7 Å². The Balaban J connectivity index is 1.17. The molecule has 3 heterocycles. The molecule has 1 saturated heterocycles. The predicted molar refractivity (Wildman–Crippen MR) is 123 cm³/mol. The van der Waals surface area contributed by atoms with Gasteiger partial charge in [0.15, 0.2) is 11.5 Å². The highest BCUT2D eigenvalue weighted by atomic mass is 16.7. The van der Waals surface area contributed by atoms with Crippen LogP contribution in [0.5, 0.6) is 17.2 Å². The van der Waals surface area contributed by atoms with E-state index in [4.69, 9.17) is 14.2 Å². The highest BCUT2D eigenvalue weighted by molar-refractivity contribution is 5.94. The molecule has 1 fully saturated rings. The first-order valence-corrected chi connectivity index (χ1v) is 11.3. The lowest BCUT2D eigenvalue weighted by molar-refractivity contribution is 0.0929.